The Morgan fingerprint density at radius 3 is 2.12 bits per heavy atom. The molecule has 1 unspecified atom stereocenters. The van der Waals surface area contributed by atoms with Gasteiger partial charge in [-0.05, 0) is 24.6 Å². The van der Waals surface area contributed by atoms with Crippen molar-refractivity contribution in [3.05, 3.63) is 23.9 Å². The molecule has 0 aliphatic heterocycles. The van der Waals surface area contributed by atoms with E-state index in [2.05, 4.69) is 4.98 Å². The van der Waals surface area contributed by atoms with Crippen LogP contribution in [-0.2, 0) is 9.59 Å². The van der Waals surface area contributed by atoms with Crippen molar-refractivity contribution in [2.45, 2.75) is 13.0 Å². The number of hydrogen-bond acceptors (Lipinski definition) is 5. The van der Waals surface area contributed by atoms with Crippen LogP contribution in [0.25, 0.3) is 0 Å². The van der Waals surface area contributed by atoms with Crippen LogP contribution < -0.4 is 5.73 Å². The zero-order valence-electron chi connectivity index (χ0n) is 8.49. The molecule has 0 saturated carbocycles. The minimum absolute atomic E-state index is 0.443. The normalized spacial score (nSPS) is 10.9. The SMILES string of the molecule is CC(O)c1ccnc(N)c1.O=C(O)C(=O)O. The van der Waals surface area contributed by atoms with Crippen LogP contribution in [0.1, 0.15) is 18.6 Å². The molecule has 0 aliphatic carbocycles. The summed E-state index contributed by atoms with van der Waals surface area (Å²) in [7, 11) is 0. The van der Waals surface area contributed by atoms with E-state index in [0.717, 1.165) is 5.56 Å². The van der Waals surface area contributed by atoms with E-state index in [1.165, 1.54) is 0 Å². The molecule has 1 rings (SSSR count). The summed E-state index contributed by atoms with van der Waals surface area (Å²) >= 11 is 0. The summed E-state index contributed by atoms with van der Waals surface area (Å²) in [4.78, 5) is 22.0. The van der Waals surface area contributed by atoms with Crippen molar-refractivity contribution < 1.29 is 24.9 Å². The van der Waals surface area contributed by atoms with Crippen LogP contribution >= 0.6 is 0 Å². The van der Waals surface area contributed by atoms with Crippen LogP contribution in [-0.4, -0.2) is 32.2 Å². The van der Waals surface area contributed by atoms with Crippen molar-refractivity contribution in [3.63, 3.8) is 0 Å². The molecule has 1 heterocycles. The number of aromatic nitrogens is 1. The van der Waals surface area contributed by atoms with Gasteiger partial charge in [0.05, 0.1) is 6.10 Å². The first-order chi connectivity index (χ1) is 7.34. The molecule has 7 heteroatoms. The zero-order chi connectivity index (χ0) is 12.7. The van der Waals surface area contributed by atoms with Crippen molar-refractivity contribution >= 4 is 17.8 Å². The maximum absolute atomic E-state index is 9.10. The number of nitrogen functional groups attached to an aromatic ring is 1. The third-order valence-electron chi connectivity index (χ3n) is 1.47. The Labute approximate surface area is 91.2 Å². The highest BCUT2D eigenvalue weighted by molar-refractivity contribution is 6.27. The van der Waals surface area contributed by atoms with Crippen LogP contribution in [0.3, 0.4) is 0 Å². The number of aliphatic hydroxyl groups excluding tert-OH is 1. The minimum atomic E-state index is -1.82. The van der Waals surface area contributed by atoms with Crippen LogP contribution in [0.2, 0.25) is 0 Å². The highest BCUT2D eigenvalue weighted by atomic mass is 16.4. The smallest absolute Gasteiger partial charge is 0.414 e. The lowest BCUT2D eigenvalue weighted by atomic mass is 10.2. The summed E-state index contributed by atoms with van der Waals surface area (Å²) < 4.78 is 0. The number of pyridine rings is 1. The first-order valence-corrected chi connectivity index (χ1v) is 4.20. The highest BCUT2D eigenvalue weighted by Crippen LogP contribution is 2.11. The summed E-state index contributed by atoms with van der Waals surface area (Å²) in [5.74, 6) is -3.21. The molecule has 7 nitrogen and oxygen atoms in total. The van der Waals surface area contributed by atoms with Gasteiger partial charge in [0, 0.05) is 6.20 Å². The van der Waals surface area contributed by atoms with Gasteiger partial charge in [0.1, 0.15) is 5.82 Å². The van der Waals surface area contributed by atoms with E-state index >= 15 is 0 Å². The summed E-state index contributed by atoms with van der Waals surface area (Å²) in [6, 6.07) is 3.39. The molecule has 1 aromatic rings. The largest absolute Gasteiger partial charge is 0.473 e. The van der Waals surface area contributed by atoms with Gasteiger partial charge in [-0.2, -0.15) is 0 Å². The van der Waals surface area contributed by atoms with Gasteiger partial charge < -0.3 is 21.1 Å². The second-order valence-corrected chi connectivity index (χ2v) is 2.80. The van der Waals surface area contributed by atoms with Gasteiger partial charge in [0.15, 0.2) is 0 Å². The number of anilines is 1. The Morgan fingerprint density at radius 2 is 1.88 bits per heavy atom. The predicted molar refractivity (Wildman–Crippen MR) is 54.6 cm³/mol. The number of carbonyl (C=O) groups is 2. The summed E-state index contributed by atoms with van der Waals surface area (Å²) in [6.45, 7) is 1.69. The van der Waals surface area contributed by atoms with Gasteiger partial charge in [-0.1, -0.05) is 0 Å². The molecule has 0 amide bonds. The van der Waals surface area contributed by atoms with E-state index in [-0.39, 0.29) is 0 Å². The summed E-state index contributed by atoms with van der Waals surface area (Å²) in [5, 5.41) is 23.8. The van der Waals surface area contributed by atoms with E-state index in [4.69, 9.17) is 30.6 Å². The van der Waals surface area contributed by atoms with Crippen molar-refractivity contribution in [1.82, 2.24) is 4.98 Å². The number of rotatable bonds is 1. The van der Waals surface area contributed by atoms with Crippen molar-refractivity contribution in [2.75, 3.05) is 5.73 Å². The standard InChI is InChI=1S/C7H10N2O.C2H2O4/c1-5(10)6-2-3-9-7(8)4-6;3-1(4)2(5)6/h2-5,10H,1H3,(H2,8,9);(H,3,4)(H,5,6). The molecule has 0 bridgehead atoms. The van der Waals surface area contributed by atoms with E-state index in [1.54, 1.807) is 25.3 Å². The highest BCUT2D eigenvalue weighted by Gasteiger charge is 2.04. The fourth-order valence-corrected chi connectivity index (χ4v) is 0.725. The fraction of sp³-hybridized carbons (Fsp3) is 0.222. The topological polar surface area (TPSA) is 134 Å². The number of carboxylic acids is 2. The van der Waals surface area contributed by atoms with E-state index in [9.17, 15) is 0 Å². The van der Waals surface area contributed by atoms with Crippen LogP contribution in [0.4, 0.5) is 5.82 Å². The first kappa shape index (κ1) is 13.8. The molecule has 88 valence electrons. The minimum Gasteiger partial charge on any atom is -0.473 e. The van der Waals surface area contributed by atoms with Crippen molar-refractivity contribution in [2.24, 2.45) is 0 Å². The maximum atomic E-state index is 9.10. The lowest BCUT2D eigenvalue weighted by Crippen LogP contribution is -2.09. The van der Waals surface area contributed by atoms with Crippen LogP contribution in [0, 0.1) is 0 Å². The Hall–Kier alpha value is -2.15. The third-order valence-corrected chi connectivity index (χ3v) is 1.47. The van der Waals surface area contributed by atoms with E-state index in [1.807, 2.05) is 0 Å². The number of nitrogens with two attached hydrogens (primary N) is 1. The molecule has 0 aromatic carbocycles. The Balaban J connectivity index is 0.000000325. The average molecular weight is 228 g/mol. The molecule has 5 N–H and O–H groups in total. The number of aliphatic carboxylic acids is 2. The van der Waals surface area contributed by atoms with Gasteiger partial charge in [0.2, 0.25) is 0 Å². The molecule has 1 aromatic heterocycles. The molecule has 0 fully saturated rings. The Morgan fingerprint density at radius 1 is 1.38 bits per heavy atom. The van der Waals surface area contributed by atoms with Gasteiger partial charge in [-0.25, -0.2) is 14.6 Å². The van der Waals surface area contributed by atoms with Gasteiger partial charge in [-0.15, -0.1) is 0 Å². The third kappa shape index (κ3) is 5.55. The van der Waals surface area contributed by atoms with Crippen LogP contribution in [0.5, 0.6) is 0 Å². The molecule has 0 spiro atoms. The second kappa shape index (κ2) is 6.36. The van der Waals surface area contributed by atoms with Crippen LogP contribution in [0.15, 0.2) is 18.3 Å². The number of nitrogens with zero attached hydrogens (tertiary/aromatic N) is 1. The number of carboxylic acid groups (broad SMARTS) is 2. The quantitative estimate of drug-likeness (QED) is 0.492. The average Bonchev–Trinajstić information content (AvgIpc) is 2.18. The predicted octanol–water partition coefficient (Wildman–Crippen LogP) is -0.127. The first-order valence-electron chi connectivity index (χ1n) is 4.20. The number of aliphatic hydroxyl groups is 1. The number of hydrogen-bond donors (Lipinski definition) is 4. The summed E-state index contributed by atoms with van der Waals surface area (Å²) in [6.07, 6.45) is 1.11. The summed E-state index contributed by atoms with van der Waals surface area (Å²) in [5.41, 5.74) is 6.17. The molecule has 0 saturated heterocycles. The monoisotopic (exact) mass is 228 g/mol. The van der Waals surface area contributed by atoms with Gasteiger partial charge in [-0.3, -0.25) is 0 Å². The fourth-order valence-electron chi connectivity index (χ4n) is 0.725. The second-order valence-electron chi connectivity index (χ2n) is 2.80. The van der Waals surface area contributed by atoms with Crippen molar-refractivity contribution in [3.8, 4) is 0 Å². The zero-order valence-corrected chi connectivity index (χ0v) is 8.49. The van der Waals surface area contributed by atoms with Crippen molar-refractivity contribution in [1.29, 1.82) is 0 Å². The Bertz CT molecular complexity index is 366. The lowest BCUT2D eigenvalue weighted by Gasteiger charge is -2.02. The van der Waals surface area contributed by atoms with E-state index < -0.39 is 18.0 Å². The molecule has 1 atom stereocenters. The Kier molecular flexibility index (Phi) is 5.50. The van der Waals surface area contributed by atoms with Gasteiger partial charge in [0.25, 0.3) is 0 Å². The maximum Gasteiger partial charge on any atom is 0.414 e. The molecule has 0 radical (unpaired) electrons. The molecule has 16 heavy (non-hydrogen) atoms. The van der Waals surface area contributed by atoms with E-state index in [0.29, 0.717) is 5.82 Å². The molecular weight excluding hydrogens is 216 g/mol. The van der Waals surface area contributed by atoms with Gasteiger partial charge >= 0.3 is 11.9 Å². The molecule has 0 aliphatic rings. The molecular formula is C9H12N2O5. The lowest BCUT2D eigenvalue weighted by molar-refractivity contribution is -0.159.